The molecule has 1 aliphatic heterocycles. The standard InChI is InChI=1S/C13H15BrFNO2/c1-16-12-7-18-6-10(12)13(17)5-8-4-9(14)2-3-11(8)15/h2-4,10,12,16H,5-7H2,1H3. The van der Waals surface area contributed by atoms with Crippen molar-refractivity contribution in [1.29, 1.82) is 0 Å². The molecule has 1 N–H and O–H groups in total. The van der Waals surface area contributed by atoms with Crippen LogP contribution in [0, 0.1) is 11.7 Å². The molecule has 3 nitrogen and oxygen atoms in total. The fourth-order valence-corrected chi connectivity index (χ4v) is 2.56. The number of ketones is 1. The number of hydrogen-bond acceptors (Lipinski definition) is 3. The summed E-state index contributed by atoms with van der Waals surface area (Å²) in [7, 11) is 1.80. The first kappa shape index (κ1) is 13.6. The fraction of sp³-hybridized carbons (Fsp3) is 0.462. The van der Waals surface area contributed by atoms with Gasteiger partial charge in [0.15, 0.2) is 0 Å². The fourth-order valence-electron chi connectivity index (χ4n) is 2.15. The minimum absolute atomic E-state index is 0.0175. The largest absolute Gasteiger partial charge is 0.379 e. The van der Waals surface area contributed by atoms with Gasteiger partial charge in [-0.1, -0.05) is 15.9 Å². The van der Waals surface area contributed by atoms with Gasteiger partial charge in [-0.2, -0.15) is 0 Å². The van der Waals surface area contributed by atoms with E-state index in [4.69, 9.17) is 4.74 Å². The first-order chi connectivity index (χ1) is 8.61. The lowest BCUT2D eigenvalue weighted by molar-refractivity contribution is -0.122. The van der Waals surface area contributed by atoms with Gasteiger partial charge in [0, 0.05) is 16.9 Å². The summed E-state index contributed by atoms with van der Waals surface area (Å²) in [6, 6.07) is 4.68. The molecule has 5 heteroatoms. The molecule has 1 aliphatic rings. The molecule has 0 aliphatic carbocycles. The summed E-state index contributed by atoms with van der Waals surface area (Å²) in [5.41, 5.74) is 0.427. The van der Waals surface area contributed by atoms with E-state index in [0.29, 0.717) is 18.8 Å². The van der Waals surface area contributed by atoms with Gasteiger partial charge in [-0.05, 0) is 30.8 Å². The molecule has 1 fully saturated rings. The number of Topliss-reactive ketones (excluding diaryl/α,β-unsaturated/α-hetero) is 1. The molecular weight excluding hydrogens is 301 g/mol. The highest BCUT2D eigenvalue weighted by molar-refractivity contribution is 9.10. The lowest BCUT2D eigenvalue weighted by atomic mass is 9.93. The monoisotopic (exact) mass is 315 g/mol. The molecule has 2 atom stereocenters. The molecule has 2 unspecified atom stereocenters. The average Bonchev–Trinajstić information content (AvgIpc) is 2.82. The number of ether oxygens (including phenoxy) is 1. The molecule has 0 spiro atoms. The summed E-state index contributed by atoms with van der Waals surface area (Å²) in [6.07, 6.45) is 0.109. The van der Waals surface area contributed by atoms with Gasteiger partial charge < -0.3 is 10.1 Å². The highest BCUT2D eigenvalue weighted by atomic mass is 79.9. The number of carbonyl (C=O) groups is 1. The van der Waals surface area contributed by atoms with E-state index in [9.17, 15) is 9.18 Å². The first-order valence-electron chi connectivity index (χ1n) is 5.83. The molecule has 0 saturated carbocycles. The highest BCUT2D eigenvalue weighted by Crippen LogP contribution is 2.20. The Bertz CT molecular complexity index is 453. The minimum atomic E-state index is -0.341. The van der Waals surface area contributed by atoms with E-state index in [1.807, 2.05) is 0 Å². The van der Waals surface area contributed by atoms with Crippen molar-refractivity contribution in [2.24, 2.45) is 5.92 Å². The van der Waals surface area contributed by atoms with Crippen molar-refractivity contribution >= 4 is 21.7 Å². The SMILES string of the molecule is CNC1COCC1C(=O)Cc1cc(Br)ccc1F. The van der Waals surface area contributed by atoms with Crippen LogP contribution in [-0.4, -0.2) is 32.1 Å². The number of rotatable bonds is 4. The van der Waals surface area contributed by atoms with E-state index in [1.165, 1.54) is 6.07 Å². The van der Waals surface area contributed by atoms with E-state index in [1.54, 1.807) is 19.2 Å². The zero-order valence-electron chi connectivity index (χ0n) is 10.1. The lowest BCUT2D eigenvalue weighted by Crippen LogP contribution is -2.37. The molecule has 1 aromatic carbocycles. The van der Waals surface area contributed by atoms with Gasteiger partial charge in [-0.25, -0.2) is 4.39 Å². The molecule has 1 heterocycles. The number of nitrogens with one attached hydrogen (secondary N) is 1. The zero-order valence-corrected chi connectivity index (χ0v) is 11.7. The average molecular weight is 316 g/mol. The van der Waals surface area contributed by atoms with Crippen LogP contribution in [0.2, 0.25) is 0 Å². The van der Waals surface area contributed by atoms with E-state index in [-0.39, 0.29) is 30.0 Å². The third-order valence-electron chi connectivity index (χ3n) is 3.24. The Kier molecular flexibility index (Phi) is 4.48. The second-order valence-corrected chi connectivity index (χ2v) is 5.33. The Morgan fingerprint density at radius 1 is 1.56 bits per heavy atom. The van der Waals surface area contributed by atoms with Crippen molar-refractivity contribution < 1.29 is 13.9 Å². The predicted octanol–water partition coefficient (Wildman–Crippen LogP) is 1.93. The molecule has 0 bridgehead atoms. The van der Waals surface area contributed by atoms with E-state index < -0.39 is 0 Å². The molecule has 2 rings (SSSR count). The van der Waals surface area contributed by atoms with Gasteiger partial charge in [0.05, 0.1) is 19.1 Å². The van der Waals surface area contributed by atoms with Gasteiger partial charge >= 0.3 is 0 Å². The number of carbonyl (C=O) groups excluding carboxylic acids is 1. The van der Waals surface area contributed by atoms with Crippen LogP contribution in [0.3, 0.4) is 0 Å². The van der Waals surface area contributed by atoms with E-state index >= 15 is 0 Å². The summed E-state index contributed by atoms with van der Waals surface area (Å²) in [5, 5.41) is 3.06. The second kappa shape index (κ2) is 5.91. The van der Waals surface area contributed by atoms with Crippen LogP contribution < -0.4 is 5.32 Å². The Hall–Kier alpha value is -0.780. The molecule has 0 radical (unpaired) electrons. The Morgan fingerprint density at radius 2 is 2.33 bits per heavy atom. The van der Waals surface area contributed by atoms with Crippen molar-refractivity contribution in [3.05, 3.63) is 34.1 Å². The maximum Gasteiger partial charge on any atom is 0.144 e. The molecule has 98 valence electrons. The van der Waals surface area contributed by atoms with Crippen molar-refractivity contribution in [2.45, 2.75) is 12.5 Å². The molecule has 1 saturated heterocycles. The smallest absolute Gasteiger partial charge is 0.144 e. The Labute approximate surface area is 114 Å². The Balaban J connectivity index is 2.09. The molecule has 0 aromatic heterocycles. The molecule has 18 heavy (non-hydrogen) atoms. The number of halogens is 2. The van der Waals surface area contributed by atoms with Crippen molar-refractivity contribution in [1.82, 2.24) is 5.32 Å². The third-order valence-corrected chi connectivity index (χ3v) is 3.73. The van der Waals surface area contributed by atoms with Gasteiger partial charge in [0.25, 0.3) is 0 Å². The van der Waals surface area contributed by atoms with Gasteiger partial charge in [0.1, 0.15) is 11.6 Å². The zero-order chi connectivity index (χ0) is 13.1. The topological polar surface area (TPSA) is 38.3 Å². The van der Waals surface area contributed by atoms with Gasteiger partial charge in [-0.3, -0.25) is 4.79 Å². The Morgan fingerprint density at radius 3 is 3.06 bits per heavy atom. The maximum absolute atomic E-state index is 13.6. The van der Waals surface area contributed by atoms with Crippen molar-refractivity contribution in [3.63, 3.8) is 0 Å². The molecular formula is C13H15BrFNO2. The van der Waals surface area contributed by atoms with Crippen LogP contribution in [0.15, 0.2) is 22.7 Å². The first-order valence-corrected chi connectivity index (χ1v) is 6.62. The van der Waals surface area contributed by atoms with Crippen LogP contribution in [0.4, 0.5) is 4.39 Å². The van der Waals surface area contributed by atoms with Crippen LogP contribution in [0.25, 0.3) is 0 Å². The molecule has 0 amide bonds. The normalized spacial score (nSPS) is 23.3. The maximum atomic E-state index is 13.6. The summed E-state index contributed by atoms with van der Waals surface area (Å²) >= 11 is 3.28. The van der Waals surface area contributed by atoms with Crippen molar-refractivity contribution in [3.8, 4) is 0 Å². The summed E-state index contributed by atoms with van der Waals surface area (Å²) in [4.78, 5) is 12.1. The van der Waals surface area contributed by atoms with Crippen molar-refractivity contribution in [2.75, 3.05) is 20.3 Å². The van der Waals surface area contributed by atoms with Crippen LogP contribution in [0.1, 0.15) is 5.56 Å². The quantitative estimate of drug-likeness (QED) is 0.922. The van der Waals surface area contributed by atoms with E-state index in [2.05, 4.69) is 21.2 Å². The number of likely N-dealkylation sites (N-methyl/N-ethyl adjacent to an activating group) is 1. The number of benzene rings is 1. The van der Waals surface area contributed by atoms with Gasteiger partial charge in [0.2, 0.25) is 0 Å². The van der Waals surface area contributed by atoms with Crippen LogP contribution in [-0.2, 0) is 16.0 Å². The highest BCUT2D eigenvalue weighted by Gasteiger charge is 2.32. The summed E-state index contributed by atoms with van der Waals surface area (Å²) < 4.78 is 19.6. The summed E-state index contributed by atoms with van der Waals surface area (Å²) in [6.45, 7) is 0.952. The number of hydrogen-bond donors (Lipinski definition) is 1. The third kappa shape index (κ3) is 2.96. The minimum Gasteiger partial charge on any atom is -0.379 e. The summed E-state index contributed by atoms with van der Waals surface area (Å²) in [5.74, 6) is -0.510. The molecule has 1 aromatic rings. The predicted molar refractivity (Wildman–Crippen MR) is 70.0 cm³/mol. The van der Waals surface area contributed by atoms with Crippen LogP contribution >= 0.6 is 15.9 Å². The lowest BCUT2D eigenvalue weighted by Gasteiger charge is -2.15. The second-order valence-electron chi connectivity index (χ2n) is 4.42. The van der Waals surface area contributed by atoms with Gasteiger partial charge in [-0.15, -0.1) is 0 Å². The van der Waals surface area contributed by atoms with Crippen LogP contribution in [0.5, 0.6) is 0 Å². The van der Waals surface area contributed by atoms with E-state index in [0.717, 1.165) is 4.47 Å².